The third-order valence-corrected chi connectivity index (χ3v) is 7.65. The molecule has 0 bridgehead atoms. The van der Waals surface area contributed by atoms with E-state index < -0.39 is 29.0 Å². The first-order valence-electron chi connectivity index (χ1n) is 12.1. The zero-order chi connectivity index (χ0) is 26.8. The van der Waals surface area contributed by atoms with Crippen molar-refractivity contribution in [3.8, 4) is 0 Å². The number of nitrogens with zero attached hydrogens (tertiary/aromatic N) is 4. The van der Waals surface area contributed by atoms with Crippen LogP contribution in [0.3, 0.4) is 0 Å². The van der Waals surface area contributed by atoms with E-state index in [1.165, 1.54) is 30.5 Å². The van der Waals surface area contributed by atoms with Gasteiger partial charge in [-0.2, -0.15) is 5.10 Å². The van der Waals surface area contributed by atoms with Crippen LogP contribution in [0.2, 0.25) is 0 Å². The van der Waals surface area contributed by atoms with E-state index in [-0.39, 0.29) is 29.1 Å². The molecule has 0 unspecified atom stereocenters. The molecule has 4 aromatic rings. The summed E-state index contributed by atoms with van der Waals surface area (Å²) in [6, 6.07) is 10.2. The molecule has 2 aromatic heterocycles. The van der Waals surface area contributed by atoms with Gasteiger partial charge in [0.15, 0.2) is 11.6 Å². The molecule has 9 nitrogen and oxygen atoms in total. The van der Waals surface area contributed by atoms with Gasteiger partial charge in [0.25, 0.3) is 11.8 Å². The van der Waals surface area contributed by atoms with Crippen LogP contribution in [0.1, 0.15) is 55.3 Å². The number of hydrogen-bond acceptors (Lipinski definition) is 4. The fourth-order valence-corrected chi connectivity index (χ4v) is 5.26. The molecule has 2 aromatic carbocycles. The summed E-state index contributed by atoms with van der Waals surface area (Å²) in [5.74, 6) is -3.66. The Bertz CT molecular complexity index is 1620. The largest absolute Gasteiger partial charge is 0.478 e. The Hall–Kier alpha value is -4.54. The van der Waals surface area contributed by atoms with E-state index in [1.807, 2.05) is 0 Å². The van der Waals surface area contributed by atoms with Gasteiger partial charge in [0.1, 0.15) is 5.69 Å². The van der Waals surface area contributed by atoms with Crippen molar-refractivity contribution in [1.82, 2.24) is 24.6 Å². The molecule has 11 heteroatoms. The summed E-state index contributed by atoms with van der Waals surface area (Å²) in [6.45, 7) is 0.840. The molecule has 0 atom stereocenters. The predicted octanol–water partition coefficient (Wildman–Crippen LogP) is 3.76. The Morgan fingerprint density at radius 1 is 1.08 bits per heavy atom. The summed E-state index contributed by atoms with van der Waals surface area (Å²) in [5.41, 5.74) is 1.92. The van der Waals surface area contributed by atoms with Crippen LogP contribution in [0, 0.1) is 11.6 Å². The summed E-state index contributed by atoms with van der Waals surface area (Å²) in [4.78, 5) is 44.2. The van der Waals surface area contributed by atoms with Crippen molar-refractivity contribution in [2.75, 3.05) is 13.6 Å². The number of halogens is 2. The van der Waals surface area contributed by atoms with Crippen molar-refractivity contribution < 1.29 is 28.3 Å². The quantitative estimate of drug-likeness (QED) is 0.417. The van der Waals surface area contributed by atoms with Crippen LogP contribution in [0.4, 0.5) is 8.78 Å². The first-order valence-corrected chi connectivity index (χ1v) is 12.1. The number of aromatic carboxylic acids is 1. The van der Waals surface area contributed by atoms with Gasteiger partial charge < -0.3 is 19.9 Å². The van der Waals surface area contributed by atoms with Crippen molar-refractivity contribution in [1.29, 1.82) is 0 Å². The molecule has 194 valence electrons. The Balaban J connectivity index is 1.24. The molecule has 1 aliphatic carbocycles. The average molecular weight is 520 g/mol. The van der Waals surface area contributed by atoms with Crippen LogP contribution in [0.25, 0.3) is 10.9 Å². The molecule has 3 heterocycles. The van der Waals surface area contributed by atoms with Crippen molar-refractivity contribution in [3.63, 3.8) is 0 Å². The lowest BCUT2D eigenvalue weighted by atomic mass is 10.0. The van der Waals surface area contributed by atoms with Crippen molar-refractivity contribution in [2.45, 2.75) is 31.5 Å². The highest BCUT2D eigenvalue weighted by Gasteiger charge is 2.50. The summed E-state index contributed by atoms with van der Waals surface area (Å²) in [5, 5.41) is 13.5. The van der Waals surface area contributed by atoms with E-state index in [2.05, 4.69) is 10.1 Å². The summed E-state index contributed by atoms with van der Waals surface area (Å²) < 4.78 is 29.5. The Morgan fingerprint density at radius 3 is 2.50 bits per heavy atom. The molecule has 38 heavy (non-hydrogen) atoms. The Morgan fingerprint density at radius 2 is 1.82 bits per heavy atom. The highest BCUT2D eigenvalue weighted by atomic mass is 19.2. The van der Waals surface area contributed by atoms with Crippen LogP contribution in [-0.2, 0) is 18.6 Å². The fraction of sp³-hybridized carbons (Fsp3) is 0.259. The van der Waals surface area contributed by atoms with E-state index in [0.29, 0.717) is 29.9 Å². The van der Waals surface area contributed by atoms with E-state index in [0.717, 1.165) is 24.5 Å². The topological polar surface area (TPSA) is 112 Å². The zero-order valence-corrected chi connectivity index (χ0v) is 20.4. The minimum Gasteiger partial charge on any atom is -0.478 e. The van der Waals surface area contributed by atoms with Crippen LogP contribution in [0.15, 0.2) is 48.7 Å². The molecule has 0 saturated heterocycles. The lowest BCUT2D eigenvalue weighted by molar-refractivity contribution is 0.0669. The molecule has 1 saturated carbocycles. The third kappa shape index (κ3) is 3.65. The summed E-state index contributed by atoms with van der Waals surface area (Å²) >= 11 is 0. The van der Waals surface area contributed by atoms with Gasteiger partial charge >= 0.3 is 5.97 Å². The number of benzene rings is 2. The molecule has 2 aliphatic rings. The number of carbonyl (C=O) groups is 3. The number of fused-ring (bicyclic) bond motifs is 2. The van der Waals surface area contributed by atoms with Gasteiger partial charge in [-0.3, -0.25) is 14.3 Å². The van der Waals surface area contributed by atoms with E-state index >= 15 is 0 Å². The van der Waals surface area contributed by atoms with Crippen molar-refractivity contribution in [2.24, 2.45) is 0 Å². The van der Waals surface area contributed by atoms with Crippen LogP contribution in [0.5, 0.6) is 0 Å². The smallest absolute Gasteiger partial charge is 0.335 e. The second-order valence-corrected chi connectivity index (χ2v) is 9.74. The third-order valence-electron chi connectivity index (χ3n) is 7.65. The van der Waals surface area contributed by atoms with Crippen LogP contribution >= 0.6 is 0 Å². The summed E-state index contributed by atoms with van der Waals surface area (Å²) in [7, 11) is 1.72. The van der Waals surface area contributed by atoms with Gasteiger partial charge in [-0.05, 0) is 48.7 Å². The minimum absolute atomic E-state index is 0.000915. The van der Waals surface area contributed by atoms with E-state index in [1.54, 1.807) is 33.7 Å². The SMILES string of the molecule is CN(C(=O)c1cnn2c1CN(C(=O)c1cc3c(F)c(F)ccc3[nH]1)CC2)C1(c2ccc(C(=O)O)cc2)CC1. The second kappa shape index (κ2) is 8.51. The molecule has 0 radical (unpaired) electrons. The zero-order valence-electron chi connectivity index (χ0n) is 20.4. The average Bonchev–Trinajstić information content (AvgIpc) is 3.44. The molecule has 0 spiro atoms. The van der Waals surface area contributed by atoms with E-state index in [4.69, 9.17) is 0 Å². The normalized spacial score (nSPS) is 15.8. The number of nitrogens with one attached hydrogen (secondary N) is 1. The van der Waals surface area contributed by atoms with Gasteiger partial charge in [0, 0.05) is 24.5 Å². The number of carbonyl (C=O) groups excluding carboxylic acids is 2. The van der Waals surface area contributed by atoms with Gasteiger partial charge in [0.2, 0.25) is 0 Å². The highest BCUT2D eigenvalue weighted by Crippen LogP contribution is 2.51. The maximum Gasteiger partial charge on any atom is 0.335 e. The van der Waals surface area contributed by atoms with Crippen molar-refractivity contribution >= 4 is 28.7 Å². The molecular formula is C27H23F2N5O4. The number of hydrogen-bond donors (Lipinski definition) is 2. The van der Waals surface area contributed by atoms with Crippen LogP contribution < -0.4 is 0 Å². The van der Waals surface area contributed by atoms with Crippen LogP contribution in [-0.4, -0.2) is 61.0 Å². The molecule has 1 aliphatic heterocycles. The number of carboxylic acids is 1. The van der Waals surface area contributed by atoms with Gasteiger partial charge in [-0.15, -0.1) is 0 Å². The molecule has 2 amide bonds. The monoisotopic (exact) mass is 519 g/mol. The van der Waals surface area contributed by atoms with Gasteiger partial charge in [0.05, 0.1) is 41.6 Å². The second-order valence-electron chi connectivity index (χ2n) is 9.74. The Kier molecular flexibility index (Phi) is 5.33. The highest BCUT2D eigenvalue weighted by molar-refractivity contribution is 5.99. The number of H-pyrrole nitrogens is 1. The molecule has 2 N–H and O–H groups in total. The number of carboxylic acid groups (broad SMARTS) is 1. The number of aromatic nitrogens is 3. The standard InChI is InChI=1S/C27H23F2N5O4/c1-32(27(8-9-27)16-4-2-15(3-5-16)26(37)38)24(35)18-13-30-34-11-10-33(14-22(18)34)25(36)21-12-17-20(31-21)7-6-19(28)23(17)29/h2-7,12-13,31H,8-11,14H2,1H3,(H,37,38). The lowest BCUT2D eigenvalue weighted by Crippen LogP contribution is -2.41. The molecular weight excluding hydrogens is 496 g/mol. The predicted molar refractivity (Wildman–Crippen MR) is 132 cm³/mol. The van der Waals surface area contributed by atoms with Gasteiger partial charge in [-0.25, -0.2) is 13.6 Å². The lowest BCUT2D eigenvalue weighted by Gasteiger charge is -2.31. The minimum atomic E-state index is -1.02. The maximum atomic E-state index is 14.2. The number of amides is 2. The fourth-order valence-electron chi connectivity index (χ4n) is 5.26. The van der Waals surface area contributed by atoms with E-state index in [9.17, 15) is 28.3 Å². The maximum absolute atomic E-state index is 14.2. The number of rotatable bonds is 5. The van der Waals surface area contributed by atoms with Gasteiger partial charge in [-0.1, -0.05) is 12.1 Å². The summed E-state index contributed by atoms with van der Waals surface area (Å²) in [6.07, 6.45) is 2.99. The van der Waals surface area contributed by atoms with Crippen molar-refractivity contribution in [3.05, 3.63) is 88.4 Å². The number of aromatic amines is 1. The molecule has 6 rings (SSSR count). The first-order chi connectivity index (χ1) is 18.2. The Labute approximate surface area is 215 Å². The first kappa shape index (κ1) is 23.8. The molecule has 1 fully saturated rings.